The first-order valence-electron chi connectivity index (χ1n) is 10.2. The third-order valence-corrected chi connectivity index (χ3v) is 6.12. The number of aryl methyl sites for hydroxylation is 1. The fourth-order valence-corrected chi connectivity index (χ4v) is 4.56. The maximum atomic E-state index is 13.7. The normalized spacial score (nSPS) is 22.5. The van der Waals surface area contributed by atoms with Gasteiger partial charge in [0.1, 0.15) is 35.4 Å². The minimum Gasteiger partial charge on any atom is -0.473 e. The van der Waals surface area contributed by atoms with E-state index >= 15 is 0 Å². The molecule has 0 bridgehead atoms. The highest BCUT2D eigenvalue weighted by atomic mass is 19.1. The number of halogens is 2. The lowest BCUT2D eigenvalue weighted by molar-refractivity contribution is 0.0593. The molecule has 10 heteroatoms. The van der Waals surface area contributed by atoms with Crippen LogP contribution in [0, 0.1) is 11.6 Å². The average molecular weight is 424 g/mol. The van der Waals surface area contributed by atoms with Crippen LogP contribution in [0.25, 0.3) is 5.52 Å². The smallest absolute Gasteiger partial charge is 0.346 e. The lowest BCUT2D eigenvalue weighted by Crippen LogP contribution is -2.41. The largest absolute Gasteiger partial charge is 0.473 e. The topological polar surface area (TPSA) is 79.2 Å². The van der Waals surface area contributed by atoms with Gasteiger partial charge in [0.15, 0.2) is 0 Å². The predicted molar refractivity (Wildman–Crippen MR) is 105 cm³/mol. The molecule has 0 radical (unpaired) electrons. The molecule has 2 aliphatic rings. The fourth-order valence-electron chi connectivity index (χ4n) is 4.56. The van der Waals surface area contributed by atoms with Gasteiger partial charge < -0.3 is 4.74 Å². The molecule has 0 amide bonds. The highest BCUT2D eigenvalue weighted by Crippen LogP contribution is 2.36. The molecule has 4 heterocycles. The van der Waals surface area contributed by atoms with E-state index < -0.39 is 17.7 Å². The summed E-state index contributed by atoms with van der Waals surface area (Å²) in [4.78, 5) is 17.3. The summed E-state index contributed by atoms with van der Waals surface area (Å²) in [5.74, 6) is -0.138. The van der Waals surface area contributed by atoms with Gasteiger partial charge in [-0.05, 0) is 36.2 Å². The highest BCUT2D eigenvalue weighted by molar-refractivity contribution is 5.55. The molecule has 0 unspecified atom stereocenters. The van der Waals surface area contributed by atoms with E-state index in [1.54, 1.807) is 9.08 Å². The summed E-state index contributed by atoms with van der Waals surface area (Å²) in [6.07, 6.45) is 5.64. The van der Waals surface area contributed by atoms with E-state index in [-0.39, 0.29) is 17.8 Å². The molecule has 1 atom stereocenters. The van der Waals surface area contributed by atoms with Crippen molar-refractivity contribution < 1.29 is 13.5 Å². The van der Waals surface area contributed by atoms with E-state index in [2.05, 4.69) is 15.2 Å². The lowest BCUT2D eigenvalue weighted by atomic mass is 9.89. The maximum absolute atomic E-state index is 13.7. The van der Waals surface area contributed by atoms with E-state index in [0.717, 1.165) is 11.6 Å². The van der Waals surface area contributed by atoms with Crippen molar-refractivity contribution in [1.29, 1.82) is 0 Å². The lowest BCUT2D eigenvalue weighted by Gasteiger charge is -2.34. The molecule has 6 rings (SSSR count). The minimum atomic E-state index is -0.648. The maximum Gasteiger partial charge on any atom is 0.346 e. The van der Waals surface area contributed by atoms with Gasteiger partial charge in [0.2, 0.25) is 5.88 Å². The number of aromatic nitrogens is 6. The summed E-state index contributed by atoms with van der Waals surface area (Å²) < 4.78 is 38.1. The summed E-state index contributed by atoms with van der Waals surface area (Å²) in [6, 6.07) is 6.66. The second kappa shape index (κ2) is 6.73. The first kappa shape index (κ1) is 18.2. The minimum absolute atomic E-state index is 0.0739. The Morgan fingerprint density at radius 1 is 1.13 bits per heavy atom. The van der Waals surface area contributed by atoms with E-state index in [4.69, 9.17) is 4.74 Å². The van der Waals surface area contributed by atoms with Crippen LogP contribution < -0.4 is 10.4 Å². The molecule has 1 fully saturated rings. The van der Waals surface area contributed by atoms with E-state index in [9.17, 15) is 13.6 Å². The fraction of sp³-hybridized carbons (Fsp3) is 0.333. The van der Waals surface area contributed by atoms with Crippen LogP contribution in [-0.4, -0.2) is 35.0 Å². The van der Waals surface area contributed by atoms with Crippen molar-refractivity contribution in [3.63, 3.8) is 0 Å². The Morgan fingerprint density at radius 2 is 1.94 bits per heavy atom. The SMILES string of the molecule is O=c1n(C2CC(Oc3ncnn4cccc34)C2)nc2n1[C@H](c1cc(F)cc(F)c1)CC2. The number of nitrogens with zero attached hydrogens (tertiary/aromatic N) is 6. The summed E-state index contributed by atoms with van der Waals surface area (Å²) in [5, 5.41) is 8.63. The van der Waals surface area contributed by atoms with Gasteiger partial charge in [-0.2, -0.15) is 15.2 Å². The monoisotopic (exact) mass is 424 g/mol. The van der Waals surface area contributed by atoms with Gasteiger partial charge in [-0.1, -0.05) is 0 Å². The van der Waals surface area contributed by atoms with Crippen LogP contribution in [-0.2, 0) is 6.42 Å². The van der Waals surface area contributed by atoms with E-state index in [1.165, 1.54) is 23.1 Å². The number of rotatable bonds is 4. The Kier molecular flexibility index (Phi) is 3.95. The Morgan fingerprint density at radius 3 is 2.74 bits per heavy atom. The van der Waals surface area contributed by atoms with Crippen LogP contribution in [0.4, 0.5) is 8.78 Å². The molecule has 31 heavy (non-hydrogen) atoms. The van der Waals surface area contributed by atoms with Crippen LogP contribution in [0.1, 0.15) is 42.7 Å². The number of hydrogen-bond acceptors (Lipinski definition) is 5. The second-order valence-electron chi connectivity index (χ2n) is 8.04. The van der Waals surface area contributed by atoms with Gasteiger partial charge in [0.05, 0.1) is 12.1 Å². The van der Waals surface area contributed by atoms with Crippen molar-refractivity contribution in [2.75, 3.05) is 0 Å². The van der Waals surface area contributed by atoms with Gasteiger partial charge in [-0.25, -0.2) is 22.8 Å². The summed E-state index contributed by atoms with van der Waals surface area (Å²) in [7, 11) is 0. The summed E-state index contributed by atoms with van der Waals surface area (Å²) in [6.45, 7) is 0. The van der Waals surface area contributed by atoms with Gasteiger partial charge in [-0.15, -0.1) is 0 Å². The number of ether oxygens (including phenoxy) is 1. The van der Waals surface area contributed by atoms with E-state index in [0.29, 0.717) is 43.0 Å². The molecule has 0 spiro atoms. The first-order chi connectivity index (χ1) is 15.1. The Bertz CT molecular complexity index is 1330. The third-order valence-electron chi connectivity index (χ3n) is 6.12. The average Bonchev–Trinajstić information content (AvgIpc) is 3.40. The van der Waals surface area contributed by atoms with E-state index in [1.807, 2.05) is 18.3 Å². The molecule has 1 saturated carbocycles. The quantitative estimate of drug-likeness (QED) is 0.503. The molecule has 1 aliphatic carbocycles. The van der Waals surface area contributed by atoms with Crippen LogP contribution in [0.2, 0.25) is 0 Å². The van der Waals surface area contributed by atoms with Crippen molar-refractivity contribution in [3.8, 4) is 5.88 Å². The predicted octanol–water partition coefficient (Wildman–Crippen LogP) is 2.68. The van der Waals surface area contributed by atoms with Crippen molar-refractivity contribution in [1.82, 2.24) is 28.9 Å². The summed E-state index contributed by atoms with van der Waals surface area (Å²) >= 11 is 0. The molecule has 8 nitrogen and oxygen atoms in total. The molecular weight excluding hydrogens is 406 g/mol. The Balaban J connectivity index is 1.21. The van der Waals surface area contributed by atoms with Crippen molar-refractivity contribution in [3.05, 3.63) is 76.4 Å². The Labute approximate surface area is 174 Å². The van der Waals surface area contributed by atoms with Gasteiger partial charge >= 0.3 is 5.69 Å². The molecular formula is C21H18F2N6O2. The number of benzene rings is 1. The molecule has 0 saturated heterocycles. The zero-order valence-corrected chi connectivity index (χ0v) is 16.4. The Hall–Kier alpha value is -3.56. The van der Waals surface area contributed by atoms with Crippen molar-refractivity contribution in [2.45, 2.75) is 43.9 Å². The van der Waals surface area contributed by atoms with Crippen LogP contribution in [0.3, 0.4) is 0 Å². The zero-order chi connectivity index (χ0) is 21.1. The van der Waals surface area contributed by atoms with Gasteiger partial charge in [0.25, 0.3) is 0 Å². The van der Waals surface area contributed by atoms with Crippen molar-refractivity contribution >= 4 is 5.52 Å². The second-order valence-corrected chi connectivity index (χ2v) is 8.04. The molecule has 0 N–H and O–H groups in total. The molecule has 3 aromatic heterocycles. The molecule has 4 aromatic rings. The summed E-state index contributed by atoms with van der Waals surface area (Å²) in [5.41, 5.74) is 0.989. The van der Waals surface area contributed by atoms with Gasteiger partial charge in [0, 0.05) is 31.5 Å². The highest BCUT2D eigenvalue weighted by Gasteiger charge is 2.38. The van der Waals surface area contributed by atoms with Crippen molar-refractivity contribution in [2.24, 2.45) is 0 Å². The standard InChI is InChI=1S/C21H18F2N6O2/c22-13-6-12(7-14(23)8-13)17-3-4-19-26-29(21(30)28(17)19)15-9-16(10-15)31-20-18-2-1-5-27(18)25-11-24-20/h1-2,5-8,11,15-17H,3-4,9-10H2/t15?,16?,17-/m0/s1. The molecule has 1 aromatic carbocycles. The first-order valence-corrected chi connectivity index (χ1v) is 10.2. The number of fused-ring (bicyclic) bond motifs is 2. The molecule has 158 valence electrons. The molecule has 1 aliphatic heterocycles. The van der Waals surface area contributed by atoms with Gasteiger partial charge in [-0.3, -0.25) is 4.57 Å². The van der Waals surface area contributed by atoms with Crippen LogP contribution in [0.5, 0.6) is 5.88 Å². The van der Waals surface area contributed by atoms with Crippen LogP contribution >= 0.6 is 0 Å². The van der Waals surface area contributed by atoms with Crippen LogP contribution in [0.15, 0.2) is 47.7 Å². The number of hydrogen-bond donors (Lipinski definition) is 0. The zero-order valence-electron chi connectivity index (χ0n) is 16.4. The third kappa shape index (κ3) is 2.93.